The number of carboxylic acids is 1. The molecule has 1 unspecified atom stereocenters. The van der Waals surface area contributed by atoms with Crippen molar-refractivity contribution >= 4 is 35.4 Å². The second kappa shape index (κ2) is 44.7. The van der Waals surface area contributed by atoms with Crippen LogP contribution in [0.4, 0.5) is 0 Å². The van der Waals surface area contributed by atoms with Crippen LogP contribution in [0.2, 0.25) is 0 Å². The number of esters is 1. The summed E-state index contributed by atoms with van der Waals surface area (Å²) in [7, 11) is 3.15. The summed E-state index contributed by atoms with van der Waals surface area (Å²) in [4.78, 5) is 79.9. The van der Waals surface area contributed by atoms with Gasteiger partial charge in [-0.05, 0) is 108 Å². The van der Waals surface area contributed by atoms with Gasteiger partial charge in [0.15, 0.2) is 12.1 Å². The summed E-state index contributed by atoms with van der Waals surface area (Å²) >= 11 is 0. The fourth-order valence-corrected chi connectivity index (χ4v) is 12.5. The maximum absolute atomic E-state index is 14.1. The molecule has 2 aliphatic heterocycles. The van der Waals surface area contributed by atoms with E-state index in [2.05, 4.69) is 16.0 Å². The third kappa shape index (κ3) is 30.4. The lowest BCUT2D eigenvalue weighted by Gasteiger charge is -2.43. The van der Waals surface area contributed by atoms with Gasteiger partial charge in [-0.15, -0.1) is 0 Å². The van der Waals surface area contributed by atoms with Crippen LogP contribution in [-0.2, 0) is 47.7 Å². The van der Waals surface area contributed by atoms with E-state index < -0.39 is 193 Å². The van der Waals surface area contributed by atoms with Crippen LogP contribution in [0.15, 0.2) is 108 Å². The lowest BCUT2D eigenvalue weighted by atomic mass is 9.77. The van der Waals surface area contributed by atoms with Crippen molar-refractivity contribution in [2.24, 2.45) is 52.8 Å². The van der Waals surface area contributed by atoms with Crippen molar-refractivity contribution in [1.29, 1.82) is 0 Å². The molecule has 574 valence electrons. The zero-order chi connectivity index (χ0) is 76.9. The van der Waals surface area contributed by atoms with E-state index in [1.165, 1.54) is 37.3 Å². The Labute approximate surface area is 597 Å². The average Bonchev–Trinajstić information content (AvgIpc) is 0.819. The van der Waals surface area contributed by atoms with Gasteiger partial charge in [0.25, 0.3) is 0 Å². The molecule has 2 aliphatic rings. The zero-order valence-electron chi connectivity index (χ0n) is 62.2. The third-order valence-electron chi connectivity index (χ3n) is 19.2. The van der Waals surface area contributed by atoms with Gasteiger partial charge in [0, 0.05) is 55.8 Å². The molecule has 0 aliphatic carbocycles. The molecule has 2 rings (SSSR count). The monoisotopic (exact) mass is 1430 g/mol. The van der Waals surface area contributed by atoms with Gasteiger partial charge in [0.05, 0.1) is 91.8 Å². The minimum atomic E-state index is -2.60. The first-order valence-electron chi connectivity index (χ1n) is 35.3. The highest BCUT2D eigenvalue weighted by atomic mass is 16.6. The molecule has 3 amide bonds. The van der Waals surface area contributed by atoms with Crippen molar-refractivity contribution in [1.82, 2.24) is 16.0 Å². The van der Waals surface area contributed by atoms with E-state index in [0.717, 1.165) is 12.2 Å². The highest BCUT2D eigenvalue weighted by Gasteiger charge is 2.44. The van der Waals surface area contributed by atoms with Crippen LogP contribution in [0.25, 0.3) is 0 Å². The molecule has 25 nitrogen and oxygen atoms in total. The number of aliphatic carboxylic acids is 1. The normalized spacial score (nSPS) is 29.2. The number of cyclic esters (lactones) is 1. The predicted molar refractivity (Wildman–Crippen MR) is 383 cm³/mol. The number of aliphatic hydroxyl groups excluding tert-OH is 11. The molecule has 0 aromatic carbocycles. The summed E-state index contributed by atoms with van der Waals surface area (Å²) in [5.74, 6) is -10.3. The standard InChI is InChI=1S/C76H123N3O22/c1-41(2)65(88)50(12)73(94)76(14,15)34-33-60(86)77-63(66(89)42(3)4)69(92)47(9)36-45(7)67(90)43(5)31-32-53(82)39-61(87)79-62(51(13)80)58-38-52(81)27-26-28-55(83)44(6)35-46(8)68(91)49(11)56(84)40-54-37-48(10)71(99-17)72(100-54)57(98-16)29-24-22-20-18-19-21-23-25-30-59(85)78-64(75(97)101-58)70(93)74(95)96/h18-26,28-30,33-36,41-44,47-58,62-72,80-84,88-93H,27,31-32,37-40H2,1-17H3,(H,77,86)(H,78,85)(H,79,87)(H,95,96)/b19-18?,22-20?,23-21?,28-26?,29-24?,30-25?,34-33+,45-36+,46-35?/t43-,44+,47-,48+,49+,50+,51-,52-,53-,54+,55-,56-,57+,58-,62?,63-,64+,65+,66-,67-,68+,69-,70+,71+,72-/m1/s1. The number of carboxylic acid groups (broad SMARTS) is 1. The number of hydrogen-bond donors (Lipinski definition) is 15. The van der Waals surface area contributed by atoms with Crippen LogP contribution in [-0.4, -0.2) is 227 Å². The van der Waals surface area contributed by atoms with E-state index in [-0.39, 0.29) is 49.4 Å². The van der Waals surface area contributed by atoms with E-state index >= 15 is 0 Å². The molecular weight excluding hydrogens is 1310 g/mol. The van der Waals surface area contributed by atoms with E-state index in [1.54, 1.807) is 153 Å². The number of aliphatic hydroxyl groups is 11. The van der Waals surface area contributed by atoms with Gasteiger partial charge in [-0.25, -0.2) is 9.59 Å². The number of hydrogen-bond acceptors (Lipinski definition) is 21. The Kier molecular flexibility index (Phi) is 40.4. The maximum atomic E-state index is 14.1. The van der Waals surface area contributed by atoms with Gasteiger partial charge >= 0.3 is 11.9 Å². The van der Waals surface area contributed by atoms with Crippen molar-refractivity contribution < 1.29 is 109 Å². The van der Waals surface area contributed by atoms with Crippen molar-refractivity contribution in [3.8, 4) is 0 Å². The number of carbonyl (C=O) groups is 6. The Balaban J connectivity index is 2.45. The highest BCUT2D eigenvalue weighted by molar-refractivity contribution is 5.94. The van der Waals surface area contributed by atoms with Crippen LogP contribution in [0, 0.1) is 52.8 Å². The van der Waals surface area contributed by atoms with E-state index in [9.17, 15) is 90.0 Å². The molecule has 1 fully saturated rings. The minimum Gasteiger partial charge on any atom is -0.479 e. The summed E-state index contributed by atoms with van der Waals surface area (Å²) in [5.41, 5.74) is -0.272. The molecule has 2 heterocycles. The molecule has 2 bridgehead atoms. The molecule has 0 aromatic rings. The molecule has 25 atom stereocenters. The number of Topliss-reactive ketones (excluding diaryl/α,β-unsaturated/α-hetero) is 1. The van der Waals surface area contributed by atoms with Crippen LogP contribution >= 0.6 is 0 Å². The lowest BCUT2D eigenvalue weighted by molar-refractivity contribution is -0.191. The molecule has 0 spiro atoms. The molecule has 15 N–H and O–H groups in total. The van der Waals surface area contributed by atoms with Gasteiger partial charge < -0.3 is 96.2 Å². The largest absolute Gasteiger partial charge is 0.479 e. The smallest absolute Gasteiger partial charge is 0.335 e. The second-order valence-electron chi connectivity index (χ2n) is 29.1. The molecule has 0 radical (unpaired) electrons. The summed E-state index contributed by atoms with van der Waals surface area (Å²) in [6, 6.07) is -5.09. The van der Waals surface area contributed by atoms with Crippen LogP contribution < -0.4 is 16.0 Å². The molecule has 0 aromatic heterocycles. The molecule has 0 saturated carbocycles. The lowest BCUT2D eigenvalue weighted by Crippen LogP contribution is -2.57. The number of methoxy groups -OCH3 is 2. The number of allylic oxidation sites excluding steroid dienone is 9. The topological polar surface area (TPSA) is 418 Å². The number of amides is 3. The van der Waals surface area contributed by atoms with Gasteiger partial charge in [0.1, 0.15) is 24.1 Å². The fraction of sp³-hybridized carbons (Fsp3) is 0.684. The SMILES string of the molecule is CO[C@@H]1[C@@H]2O[C@H](C[C@@H](O)[C@H](C)[C@@H](O)C(C)=C[C@H](C)[C@H](O)C=CC[C@@H](O)C[C@H](C(NC(=O)C[C@H](O)CC[C@@H](C)[C@@H](O)/C(C)=C/[C@@H](C)[C@@H](O)[C@H](NC(=O)/C=C/C(C)(C)C(=O)[C@@H](C)[C@@H](O)C(C)C)[C@H](O)C(C)C)[C@@H](C)O)OC(=O)[C@H]([C@H](O)C(=O)O)NC(=O)C=CC=CC=CC=CC=C[C@@H]2OC)C[C@@H]1C. The maximum Gasteiger partial charge on any atom is 0.335 e. The summed E-state index contributed by atoms with van der Waals surface area (Å²) in [6.07, 6.45) is 5.05. The van der Waals surface area contributed by atoms with Gasteiger partial charge in [-0.3, -0.25) is 19.2 Å². The van der Waals surface area contributed by atoms with E-state index in [4.69, 9.17) is 18.9 Å². The molecule has 101 heavy (non-hydrogen) atoms. The molecular formula is C76H123N3O22. The molecule has 25 heteroatoms. The third-order valence-corrected chi connectivity index (χ3v) is 19.2. The quantitative estimate of drug-likeness (QED) is 0.0322. The Morgan fingerprint density at radius 3 is 1.92 bits per heavy atom. The average molecular weight is 1430 g/mol. The number of carbonyl (C=O) groups excluding carboxylic acids is 5. The Morgan fingerprint density at radius 2 is 1.36 bits per heavy atom. The first-order valence-corrected chi connectivity index (χ1v) is 35.3. The van der Waals surface area contributed by atoms with Gasteiger partial charge in [0.2, 0.25) is 17.7 Å². The van der Waals surface area contributed by atoms with E-state index in [0.29, 0.717) is 17.6 Å². The summed E-state index contributed by atoms with van der Waals surface area (Å²) in [5, 5.41) is 141. The number of fused-ring (bicyclic) bond motifs is 2. The van der Waals surface area contributed by atoms with E-state index in [1.807, 2.05) is 13.0 Å². The fourth-order valence-electron chi connectivity index (χ4n) is 12.5. The van der Waals surface area contributed by atoms with Gasteiger partial charge in [-0.1, -0.05) is 154 Å². The van der Waals surface area contributed by atoms with Crippen molar-refractivity contribution in [2.45, 2.75) is 265 Å². The highest BCUT2D eigenvalue weighted by Crippen LogP contribution is 2.35. The number of nitrogens with one attached hydrogen (secondary N) is 3. The number of ether oxygens (including phenoxy) is 4. The number of ketones is 1. The summed E-state index contributed by atoms with van der Waals surface area (Å²) in [6.45, 7) is 25.1. The first kappa shape index (κ1) is 91.2. The predicted octanol–water partition coefficient (Wildman–Crippen LogP) is 4.48. The zero-order valence-corrected chi connectivity index (χ0v) is 62.2. The Morgan fingerprint density at radius 1 is 0.762 bits per heavy atom. The van der Waals surface area contributed by atoms with Crippen molar-refractivity contribution in [3.63, 3.8) is 0 Å². The van der Waals surface area contributed by atoms with Crippen LogP contribution in [0.3, 0.4) is 0 Å². The van der Waals surface area contributed by atoms with Crippen molar-refractivity contribution in [3.05, 3.63) is 108 Å². The summed E-state index contributed by atoms with van der Waals surface area (Å²) < 4.78 is 24.0. The van der Waals surface area contributed by atoms with Gasteiger partial charge in [-0.2, -0.15) is 0 Å². The number of rotatable bonds is 26. The van der Waals surface area contributed by atoms with Crippen LogP contribution in [0.1, 0.15) is 149 Å². The first-order chi connectivity index (χ1) is 47.1. The minimum absolute atomic E-state index is 0.0173. The second-order valence-corrected chi connectivity index (χ2v) is 29.1. The Hall–Kier alpha value is -5.88. The Bertz CT molecular complexity index is 2860. The van der Waals surface area contributed by atoms with Crippen LogP contribution in [0.5, 0.6) is 0 Å². The molecule has 1 saturated heterocycles. The van der Waals surface area contributed by atoms with Crippen molar-refractivity contribution in [2.75, 3.05) is 14.2 Å².